The van der Waals surface area contributed by atoms with E-state index >= 15 is 0 Å². The van der Waals surface area contributed by atoms with Gasteiger partial charge in [0.2, 0.25) is 0 Å². The maximum Gasteiger partial charge on any atom is 0.336 e. The predicted molar refractivity (Wildman–Crippen MR) is 60.4 cm³/mol. The number of hydrogen-bond acceptors (Lipinski definition) is 4. The third-order valence-electron chi connectivity index (χ3n) is 2.27. The zero-order valence-corrected chi connectivity index (χ0v) is 8.87. The van der Waals surface area contributed by atoms with Gasteiger partial charge in [-0.3, -0.25) is 0 Å². The van der Waals surface area contributed by atoms with Crippen LogP contribution in [-0.4, -0.2) is 26.2 Å². The Bertz CT molecular complexity index is 555. The average Bonchev–Trinajstić information content (AvgIpc) is 2.39. The van der Waals surface area contributed by atoms with Gasteiger partial charge in [0, 0.05) is 11.8 Å². The van der Waals surface area contributed by atoms with Crippen LogP contribution in [0.5, 0.6) is 0 Å². The Labute approximate surface area is 97.4 Å². The highest BCUT2D eigenvalue weighted by Crippen LogP contribution is 2.19. The summed E-state index contributed by atoms with van der Waals surface area (Å²) in [4.78, 5) is 19.1. The lowest BCUT2D eigenvalue weighted by Gasteiger charge is -2.05. The van der Waals surface area contributed by atoms with E-state index < -0.39 is 5.97 Å². The molecule has 0 aliphatic carbocycles. The first-order valence-electron chi connectivity index (χ1n) is 4.98. The van der Waals surface area contributed by atoms with Crippen molar-refractivity contribution in [2.45, 2.75) is 6.61 Å². The lowest BCUT2D eigenvalue weighted by atomic mass is 10.1. The molecule has 0 amide bonds. The summed E-state index contributed by atoms with van der Waals surface area (Å²) < 4.78 is 0. The molecular weight excluding hydrogens is 220 g/mol. The molecule has 5 nitrogen and oxygen atoms in total. The molecule has 5 heteroatoms. The van der Waals surface area contributed by atoms with E-state index in [2.05, 4.69) is 9.97 Å². The molecule has 1 aromatic carbocycles. The van der Waals surface area contributed by atoms with Crippen LogP contribution in [0.2, 0.25) is 0 Å². The number of nitrogens with zero attached hydrogens (tertiary/aromatic N) is 2. The van der Waals surface area contributed by atoms with Crippen LogP contribution in [0.15, 0.2) is 36.5 Å². The summed E-state index contributed by atoms with van der Waals surface area (Å²) in [5.41, 5.74) is 1.04. The molecule has 0 spiro atoms. The Morgan fingerprint density at radius 2 is 2.00 bits per heavy atom. The number of aromatic nitrogens is 2. The highest BCUT2D eigenvalue weighted by Gasteiger charge is 2.12. The van der Waals surface area contributed by atoms with Gasteiger partial charge in [-0.2, -0.15) is 0 Å². The highest BCUT2D eigenvalue weighted by molar-refractivity contribution is 5.94. The van der Waals surface area contributed by atoms with Crippen molar-refractivity contribution < 1.29 is 15.0 Å². The second-order valence-electron chi connectivity index (χ2n) is 3.38. The first-order valence-corrected chi connectivity index (χ1v) is 4.98. The second kappa shape index (κ2) is 4.71. The summed E-state index contributed by atoms with van der Waals surface area (Å²) in [5.74, 6) is -0.729. The first-order chi connectivity index (χ1) is 8.22. The number of aromatic carboxylic acids is 1. The summed E-state index contributed by atoms with van der Waals surface area (Å²) in [6.07, 6.45) is 1.49. The normalized spacial score (nSPS) is 10.2. The summed E-state index contributed by atoms with van der Waals surface area (Å²) in [5, 5.41) is 18.0. The van der Waals surface area contributed by atoms with E-state index in [1.807, 2.05) is 0 Å². The topological polar surface area (TPSA) is 83.3 Å². The fourth-order valence-electron chi connectivity index (χ4n) is 1.48. The van der Waals surface area contributed by atoms with Crippen LogP contribution in [0.3, 0.4) is 0 Å². The zero-order chi connectivity index (χ0) is 12.3. The lowest BCUT2D eigenvalue weighted by Crippen LogP contribution is -2.02. The quantitative estimate of drug-likeness (QED) is 0.831. The van der Waals surface area contributed by atoms with Crippen molar-refractivity contribution in [1.29, 1.82) is 0 Å². The van der Waals surface area contributed by atoms with Crippen LogP contribution in [0.25, 0.3) is 11.4 Å². The third-order valence-corrected chi connectivity index (χ3v) is 2.27. The largest absolute Gasteiger partial charge is 0.478 e. The lowest BCUT2D eigenvalue weighted by molar-refractivity contribution is 0.0697. The van der Waals surface area contributed by atoms with Gasteiger partial charge in [0.05, 0.1) is 17.9 Å². The number of carbonyl (C=O) groups is 1. The van der Waals surface area contributed by atoms with E-state index in [4.69, 9.17) is 10.2 Å². The van der Waals surface area contributed by atoms with E-state index in [1.54, 1.807) is 24.3 Å². The minimum Gasteiger partial charge on any atom is -0.478 e. The Morgan fingerprint density at radius 1 is 1.24 bits per heavy atom. The van der Waals surface area contributed by atoms with Gasteiger partial charge in [-0.1, -0.05) is 18.2 Å². The molecule has 0 fully saturated rings. The van der Waals surface area contributed by atoms with Crippen molar-refractivity contribution in [3.8, 4) is 11.4 Å². The number of rotatable bonds is 3. The SMILES string of the molecule is O=C(O)c1ccccc1-c1nccc(CO)n1. The molecule has 86 valence electrons. The molecule has 2 N–H and O–H groups in total. The van der Waals surface area contributed by atoms with Gasteiger partial charge < -0.3 is 10.2 Å². The van der Waals surface area contributed by atoms with Gasteiger partial charge in [0.1, 0.15) is 0 Å². The van der Waals surface area contributed by atoms with Crippen molar-refractivity contribution in [2.24, 2.45) is 0 Å². The Balaban J connectivity index is 2.56. The molecule has 0 bridgehead atoms. The maximum atomic E-state index is 11.0. The average molecular weight is 230 g/mol. The number of carboxylic acid groups (broad SMARTS) is 1. The monoisotopic (exact) mass is 230 g/mol. The number of benzene rings is 1. The molecule has 0 atom stereocenters. The summed E-state index contributed by atoms with van der Waals surface area (Å²) in [7, 11) is 0. The minimum absolute atomic E-state index is 0.141. The maximum absolute atomic E-state index is 11.0. The number of aliphatic hydroxyl groups excluding tert-OH is 1. The summed E-state index contributed by atoms with van der Waals surface area (Å²) in [6, 6.07) is 8.07. The molecule has 17 heavy (non-hydrogen) atoms. The molecule has 0 aliphatic rings. The van der Waals surface area contributed by atoms with E-state index in [0.717, 1.165) is 0 Å². The van der Waals surface area contributed by atoms with E-state index in [1.165, 1.54) is 12.3 Å². The standard InChI is InChI=1S/C12H10N2O3/c15-7-8-5-6-13-11(14-8)9-3-1-2-4-10(9)12(16)17/h1-6,15H,7H2,(H,16,17). The first kappa shape index (κ1) is 11.2. The smallest absolute Gasteiger partial charge is 0.336 e. The van der Waals surface area contributed by atoms with Crippen molar-refractivity contribution in [1.82, 2.24) is 9.97 Å². The second-order valence-corrected chi connectivity index (χ2v) is 3.38. The van der Waals surface area contributed by atoms with Crippen LogP contribution >= 0.6 is 0 Å². The van der Waals surface area contributed by atoms with E-state index in [9.17, 15) is 4.79 Å². The van der Waals surface area contributed by atoms with Gasteiger partial charge in [-0.15, -0.1) is 0 Å². The van der Waals surface area contributed by atoms with Crippen LogP contribution in [0, 0.1) is 0 Å². The van der Waals surface area contributed by atoms with Gasteiger partial charge in [0.15, 0.2) is 5.82 Å². The molecule has 0 aliphatic heterocycles. The van der Waals surface area contributed by atoms with Gasteiger partial charge >= 0.3 is 5.97 Å². The van der Waals surface area contributed by atoms with Crippen molar-refractivity contribution >= 4 is 5.97 Å². The Hall–Kier alpha value is -2.27. The molecule has 2 aromatic rings. The molecule has 2 rings (SSSR count). The van der Waals surface area contributed by atoms with E-state index in [-0.39, 0.29) is 12.2 Å². The van der Waals surface area contributed by atoms with Crippen molar-refractivity contribution in [3.05, 3.63) is 47.8 Å². The van der Waals surface area contributed by atoms with Crippen LogP contribution in [0.4, 0.5) is 0 Å². The molecule has 0 unspecified atom stereocenters. The predicted octanol–water partition coefficient (Wildman–Crippen LogP) is 1.33. The minimum atomic E-state index is -1.03. The van der Waals surface area contributed by atoms with Gasteiger partial charge in [-0.05, 0) is 12.1 Å². The van der Waals surface area contributed by atoms with Crippen molar-refractivity contribution in [3.63, 3.8) is 0 Å². The number of aliphatic hydroxyl groups is 1. The fourth-order valence-corrected chi connectivity index (χ4v) is 1.48. The molecule has 0 radical (unpaired) electrons. The Kier molecular flexibility index (Phi) is 3.11. The number of hydrogen-bond donors (Lipinski definition) is 2. The molecule has 1 heterocycles. The molecule has 1 aromatic heterocycles. The molecule has 0 saturated heterocycles. The number of carboxylic acids is 1. The molecule has 0 saturated carbocycles. The van der Waals surface area contributed by atoms with Crippen molar-refractivity contribution in [2.75, 3.05) is 0 Å². The molecular formula is C12H10N2O3. The summed E-state index contributed by atoms with van der Waals surface area (Å²) in [6.45, 7) is -0.204. The van der Waals surface area contributed by atoms with Crippen LogP contribution < -0.4 is 0 Å². The summed E-state index contributed by atoms with van der Waals surface area (Å²) >= 11 is 0. The highest BCUT2D eigenvalue weighted by atomic mass is 16.4. The van der Waals surface area contributed by atoms with E-state index in [0.29, 0.717) is 17.1 Å². The van der Waals surface area contributed by atoms with Gasteiger partial charge in [-0.25, -0.2) is 14.8 Å². The Morgan fingerprint density at radius 3 is 2.71 bits per heavy atom. The van der Waals surface area contributed by atoms with Crippen LogP contribution in [0.1, 0.15) is 16.1 Å². The zero-order valence-electron chi connectivity index (χ0n) is 8.87. The fraction of sp³-hybridized carbons (Fsp3) is 0.0833. The van der Waals surface area contributed by atoms with Gasteiger partial charge in [0.25, 0.3) is 0 Å². The van der Waals surface area contributed by atoms with Crippen LogP contribution in [-0.2, 0) is 6.61 Å². The third kappa shape index (κ3) is 2.29.